The number of benzene rings is 1. The predicted molar refractivity (Wildman–Crippen MR) is 75.4 cm³/mol. The van der Waals surface area contributed by atoms with Gasteiger partial charge in [-0.2, -0.15) is 0 Å². The van der Waals surface area contributed by atoms with Crippen LogP contribution in [0.2, 0.25) is 0 Å². The molecule has 1 aromatic rings. The molecule has 1 rings (SSSR count). The summed E-state index contributed by atoms with van der Waals surface area (Å²) in [5, 5.41) is 3.23. The maximum Gasteiger partial charge on any atom is 0.137 e. The van der Waals surface area contributed by atoms with Crippen molar-refractivity contribution in [3.63, 3.8) is 0 Å². The first kappa shape index (κ1) is 14.9. The summed E-state index contributed by atoms with van der Waals surface area (Å²) in [7, 11) is 0. The monoisotopic (exact) mass is 248 g/mol. The summed E-state index contributed by atoms with van der Waals surface area (Å²) in [5.41, 5.74) is 7.16. The third-order valence-electron chi connectivity index (χ3n) is 2.88. The van der Waals surface area contributed by atoms with Crippen molar-refractivity contribution in [2.75, 3.05) is 6.54 Å². The zero-order valence-corrected chi connectivity index (χ0v) is 11.3. The van der Waals surface area contributed by atoms with E-state index in [0.717, 1.165) is 19.1 Å². The zero-order valence-electron chi connectivity index (χ0n) is 11.3. The third-order valence-corrected chi connectivity index (χ3v) is 2.88. The maximum atomic E-state index is 11.0. The van der Waals surface area contributed by atoms with Crippen LogP contribution in [0.25, 0.3) is 0 Å². The fourth-order valence-electron chi connectivity index (χ4n) is 2.03. The number of carbonyl (C=O) groups is 1. The first-order chi connectivity index (χ1) is 8.61. The number of hydrogen-bond donors (Lipinski definition) is 2. The van der Waals surface area contributed by atoms with Crippen LogP contribution >= 0.6 is 0 Å². The van der Waals surface area contributed by atoms with Gasteiger partial charge in [0.1, 0.15) is 6.29 Å². The lowest BCUT2D eigenvalue weighted by molar-refractivity contribution is -0.109. The Morgan fingerprint density at radius 2 is 1.94 bits per heavy atom. The van der Waals surface area contributed by atoms with E-state index in [9.17, 15) is 4.79 Å². The Kier molecular flexibility index (Phi) is 6.61. The van der Waals surface area contributed by atoms with E-state index in [2.05, 4.69) is 19.2 Å². The van der Waals surface area contributed by atoms with Gasteiger partial charge in [-0.05, 0) is 24.3 Å². The molecule has 2 atom stereocenters. The van der Waals surface area contributed by atoms with Crippen LogP contribution in [-0.4, -0.2) is 24.9 Å². The van der Waals surface area contributed by atoms with Gasteiger partial charge in [-0.15, -0.1) is 0 Å². The normalized spacial score (nSPS) is 14.4. The Morgan fingerprint density at radius 1 is 1.28 bits per heavy atom. The van der Waals surface area contributed by atoms with Crippen molar-refractivity contribution in [1.29, 1.82) is 0 Å². The van der Waals surface area contributed by atoms with E-state index in [4.69, 9.17) is 5.73 Å². The fraction of sp³-hybridized carbons (Fsp3) is 0.533. The van der Waals surface area contributed by atoms with Gasteiger partial charge < -0.3 is 15.8 Å². The van der Waals surface area contributed by atoms with Crippen LogP contribution in [0, 0.1) is 5.92 Å². The van der Waals surface area contributed by atoms with Crippen molar-refractivity contribution in [3.05, 3.63) is 35.9 Å². The molecule has 0 spiro atoms. The second-order valence-electron chi connectivity index (χ2n) is 5.23. The Labute approximate surface area is 110 Å². The average molecular weight is 248 g/mol. The summed E-state index contributed by atoms with van der Waals surface area (Å²) in [6, 6.07) is 9.99. The van der Waals surface area contributed by atoms with Crippen LogP contribution in [0.4, 0.5) is 0 Å². The molecule has 0 amide bonds. The molecular formula is C15H24N2O. The molecule has 0 aliphatic heterocycles. The number of hydrogen-bond acceptors (Lipinski definition) is 3. The highest BCUT2D eigenvalue weighted by molar-refractivity contribution is 5.58. The van der Waals surface area contributed by atoms with Crippen molar-refractivity contribution in [2.45, 2.75) is 38.8 Å². The lowest BCUT2D eigenvalue weighted by atomic mass is 10.0. The number of nitrogens with one attached hydrogen (secondary N) is 1. The number of carbonyl (C=O) groups excluding carboxylic acids is 1. The Morgan fingerprint density at radius 3 is 2.50 bits per heavy atom. The SMILES string of the molecule is CC(C)CC(N)CNC(C=O)Cc1ccccc1. The molecule has 0 aromatic heterocycles. The Bertz CT molecular complexity index is 338. The highest BCUT2D eigenvalue weighted by atomic mass is 16.1. The van der Waals surface area contributed by atoms with Crippen LogP contribution in [-0.2, 0) is 11.2 Å². The van der Waals surface area contributed by atoms with Crippen molar-refractivity contribution >= 4 is 6.29 Å². The molecule has 0 saturated carbocycles. The first-order valence-electron chi connectivity index (χ1n) is 6.60. The fourth-order valence-corrected chi connectivity index (χ4v) is 2.03. The van der Waals surface area contributed by atoms with Gasteiger partial charge in [-0.3, -0.25) is 0 Å². The van der Waals surface area contributed by atoms with Crippen LogP contribution in [0.5, 0.6) is 0 Å². The van der Waals surface area contributed by atoms with E-state index in [1.54, 1.807) is 0 Å². The van der Waals surface area contributed by atoms with Crippen molar-refractivity contribution in [1.82, 2.24) is 5.32 Å². The molecule has 0 saturated heterocycles. The van der Waals surface area contributed by atoms with Crippen molar-refractivity contribution in [2.24, 2.45) is 11.7 Å². The molecule has 3 nitrogen and oxygen atoms in total. The standard InChI is InChI=1S/C15H24N2O/c1-12(2)8-14(16)10-17-15(11-18)9-13-6-4-3-5-7-13/h3-7,11-12,14-15,17H,8-10,16H2,1-2H3. The van der Waals surface area contributed by atoms with Crippen LogP contribution in [0.1, 0.15) is 25.8 Å². The van der Waals surface area contributed by atoms with Gasteiger partial charge in [0.25, 0.3) is 0 Å². The largest absolute Gasteiger partial charge is 0.327 e. The molecule has 1 aromatic carbocycles. The molecule has 0 radical (unpaired) electrons. The second kappa shape index (κ2) is 8.01. The summed E-state index contributed by atoms with van der Waals surface area (Å²) >= 11 is 0. The lowest BCUT2D eigenvalue weighted by Crippen LogP contribution is -2.42. The minimum atomic E-state index is -0.148. The lowest BCUT2D eigenvalue weighted by Gasteiger charge is -2.18. The third kappa shape index (κ3) is 5.94. The second-order valence-corrected chi connectivity index (χ2v) is 5.23. The molecule has 0 aliphatic carbocycles. The van der Waals surface area contributed by atoms with Gasteiger partial charge in [0, 0.05) is 12.6 Å². The molecule has 0 heterocycles. The maximum absolute atomic E-state index is 11.0. The molecule has 0 bridgehead atoms. The van der Waals surface area contributed by atoms with Crippen molar-refractivity contribution in [3.8, 4) is 0 Å². The highest BCUT2D eigenvalue weighted by Crippen LogP contribution is 2.04. The Hall–Kier alpha value is -1.19. The van der Waals surface area contributed by atoms with E-state index in [1.807, 2.05) is 30.3 Å². The molecule has 3 N–H and O–H groups in total. The summed E-state index contributed by atoms with van der Waals surface area (Å²) < 4.78 is 0. The molecule has 18 heavy (non-hydrogen) atoms. The Balaban J connectivity index is 2.36. The van der Waals surface area contributed by atoms with E-state index in [-0.39, 0.29) is 12.1 Å². The molecule has 3 heteroatoms. The van der Waals surface area contributed by atoms with Gasteiger partial charge in [-0.1, -0.05) is 44.2 Å². The molecule has 0 fully saturated rings. The van der Waals surface area contributed by atoms with Gasteiger partial charge >= 0.3 is 0 Å². The first-order valence-corrected chi connectivity index (χ1v) is 6.60. The molecule has 100 valence electrons. The average Bonchev–Trinajstić information content (AvgIpc) is 2.35. The summed E-state index contributed by atoms with van der Waals surface area (Å²) in [4.78, 5) is 11.0. The van der Waals surface area contributed by atoms with E-state index in [0.29, 0.717) is 12.5 Å². The minimum absolute atomic E-state index is 0.114. The highest BCUT2D eigenvalue weighted by Gasteiger charge is 2.11. The smallest absolute Gasteiger partial charge is 0.137 e. The summed E-state index contributed by atoms with van der Waals surface area (Å²) in [6.07, 6.45) is 2.66. The summed E-state index contributed by atoms with van der Waals surface area (Å²) in [5.74, 6) is 0.589. The van der Waals surface area contributed by atoms with Gasteiger partial charge in [-0.25, -0.2) is 0 Å². The van der Waals surface area contributed by atoms with Crippen LogP contribution in [0.3, 0.4) is 0 Å². The number of rotatable bonds is 8. The molecular weight excluding hydrogens is 224 g/mol. The topological polar surface area (TPSA) is 55.1 Å². The van der Waals surface area contributed by atoms with Gasteiger partial charge in [0.2, 0.25) is 0 Å². The zero-order chi connectivity index (χ0) is 13.4. The van der Waals surface area contributed by atoms with E-state index < -0.39 is 0 Å². The van der Waals surface area contributed by atoms with Crippen LogP contribution < -0.4 is 11.1 Å². The number of nitrogens with two attached hydrogens (primary N) is 1. The molecule has 0 aliphatic rings. The van der Waals surface area contributed by atoms with Gasteiger partial charge in [0.15, 0.2) is 0 Å². The summed E-state index contributed by atoms with van der Waals surface area (Å²) in [6.45, 7) is 5.00. The van der Waals surface area contributed by atoms with Crippen molar-refractivity contribution < 1.29 is 4.79 Å². The van der Waals surface area contributed by atoms with Crippen LogP contribution in [0.15, 0.2) is 30.3 Å². The van der Waals surface area contributed by atoms with E-state index in [1.165, 1.54) is 5.56 Å². The minimum Gasteiger partial charge on any atom is -0.327 e. The predicted octanol–water partition coefficient (Wildman–Crippen LogP) is 1.76. The number of aldehydes is 1. The van der Waals surface area contributed by atoms with E-state index >= 15 is 0 Å². The quantitative estimate of drug-likeness (QED) is 0.689. The van der Waals surface area contributed by atoms with Gasteiger partial charge in [0.05, 0.1) is 6.04 Å². The molecule has 2 unspecified atom stereocenters.